The second-order valence-corrected chi connectivity index (χ2v) is 11.9. The average molecular weight is 443 g/mol. The molecule has 2 aliphatic carbocycles. The summed E-state index contributed by atoms with van der Waals surface area (Å²) in [6.07, 6.45) is 13.1. The van der Waals surface area contributed by atoms with E-state index >= 15 is 0 Å². The monoisotopic (exact) mass is 442 g/mol. The van der Waals surface area contributed by atoms with Crippen molar-refractivity contribution in [3.8, 4) is 5.75 Å². The van der Waals surface area contributed by atoms with Crippen LogP contribution in [0.25, 0.3) is 0 Å². The molecule has 1 aromatic rings. The number of benzene rings is 1. The highest BCUT2D eigenvalue weighted by Gasteiger charge is 2.38. The maximum Gasteiger partial charge on any atom is 0.314 e. The minimum absolute atomic E-state index is 0.00431. The zero-order valence-electron chi connectivity index (χ0n) is 20.9. The van der Waals surface area contributed by atoms with Gasteiger partial charge in [-0.2, -0.15) is 0 Å². The van der Waals surface area contributed by atoms with Crippen LogP contribution in [0.3, 0.4) is 0 Å². The third-order valence-corrected chi connectivity index (χ3v) is 7.72. The zero-order chi connectivity index (χ0) is 23.4. The van der Waals surface area contributed by atoms with Crippen LogP contribution in [0.2, 0.25) is 0 Å². The van der Waals surface area contributed by atoms with Gasteiger partial charge in [-0.25, -0.2) is 0 Å². The summed E-state index contributed by atoms with van der Waals surface area (Å²) in [7, 11) is 0. The highest BCUT2D eigenvalue weighted by molar-refractivity contribution is 5.76. The molecule has 2 fully saturated rings. The molecule has 2 aliphatic rings. The quantitative estimate of drug-likeness (QED) is 0.365. The summed E-state index contributed by atoms with van der Waals surface area (Å²) in [5, 5.41) is 0. The highest BCUT2D eigenvalue weighted by Crippen LogP contribution is 2.41. The van der Waals surface area contributed by atoms with Crippen LogP contribution in [0.5, 0.6) is 5.75 Å². The van der Waals surface area contributed by atoms with E-state index in [-0.39, 0.29) is 28.9 Å². The van der Waals surface area contributed by atoms with Crippen LogP contribution in [0.15, 0.2) is 24.3 Å². The van der Waals surface area contributed by atoms with E-state index in [9.17, 15) is 4.79 Å². The molecule has 0 amide bonds. The molecule has 1 unspecified atom stereocenters. The Balaban J connectivity index is 1.73. The molecule has 0 heterocycles. The first-order valence-electron chi connectivity index (χ1n) is 12.9. The van der Waals surface area contributed by atoms with Crippen molar-refractivity contribution >= 4 is 5.97 Å². The van der Waals surface area contributed by atoms with E-state index in [1.54, 1.807) is 0 Å². The number of nitrogens with two attached hydrogens (primary N) is 2. The number of esters is 1. The second-order valence-electron chi connectivity index (χ2n) is 11.9. The molecule has 1 aromatic carbocycles. The average Bonchev–Trinajstić information content (AvgIpc) is 2.73. The minimum Gasteiger partial charge on any atom is -0.426 e. The lowest BCUT2D eigenvalue weighted by Gasteiger charge is -2.36. The van der Waals surface area contributed by atoms with Crippen LogP contribution in [0.1, 0.15) is 110 Å². The van der Waals surface area contributed by atoms with Gasteiger partial charge in [0.05, 0.1) is 5.92 Å². The summed E-state index contributed by atoms with van der Waals surface area (Å²) in [6, 6.07) is 8.00. The van der Waals surface area contributed by atoms with E-state index in [1.807, 2.05) is 26.0 Å². The van der Waals surface area contributed by atoms with Crippen molar-refractivity contribution < 1.29 is 9.53 Å². The topological polar surface area (TPSA) is 78.3 Å². The van der Waals surface area contributed by atoms with Gasteiger partial charge in [-0.3, -0.25) is 4.79 Å². The smallest absolute Gasteiger partial charge is 0.314 e. The molecule has 0 bridgehead atoms. The van der Waals surface area contributed by atoms with Crippen LogP contribution in [0.4, 0.5) is 0 Å². The van der Waals surface area contributed by atoms with E-state index in [1.165, 1.54) is 64.2 Å². The number of rotatable bonds is 8. The normalized spacial score (nSPS) is 20.3. The van der Waals surface area contributed by atoms with Gasteiger partial charge in [-0.15, -0.1) is 0 Å². The van der Waals surface area contributed by atoms with Gasteiger partial charge in [0.15, 0.2) is 0 Å². The Morgan fingerprint density at radius 1 is 0.875 bits per heavy atom. The molecule has 32 heavy (non-hydrogen) atoms. The van der Waals surface area contributed by atoms with Crippen LogP contribution < -0.4 is 16.2 Å². The molecule has 0 aliphatic heterocycles. The van der Waals surface area contributed by atoms with Crippen molar-refractivity contribution in [1.82, 2.24) is 0 Å². The summed E-state index contributed by atoms with van der Waals surface area (Å²) in [5.41, 5.74) is 13.3. The van der Waals surface area contributed by atoms with E-state index in [4.69, 9.17) is 16.2 Å². The molecule has 0 aromatic heterocycles. The molecule has 4 heteroatoms. The highest BCUT2D eigenvalue weighted by atomic mass is 16.5. The van der Waals surface area contributed by atoms with E-state index in [0.29, 0.717) is 17.6 Å². The van der Waals surface area contributed by atoms with E-state index < -0.39 is 0 Å². The molecule has 0 spiro atoms. The van der Waals surface area contributed by atoms with Gasteiger partial charge in [0.2, 0.25) is 0 Å². The van der Waals surface area contributed by atoms with Crippen molar-refractivity contribution in [2.45, 2.75) is 115 Å². The Hall–Kier alpha value is -1.39. The Morgan fingerprint density at radius 3 is 1.75 bits per heavy atom. The predicted octanol–water partition coefficient (Wildman–Crippen LogP) is 6.32. The first-order chi connectivity index (χ1) is 15.0. The zero-order valence-corrected chi connectivity index (χ0v) is 20.9. The predicted molar refractivity (Wildman–Crippen MR) is 133 cm³/mol. The molecule has 0 radical (unpaired) electrons. The van der Waals surface area contributed by atoms with Crippen molar-refractivity contribution in [1.29, 1.82) is 0 Å². The number of carbonyl (C=O) groups is 1. The minimum atomic E-state index is -0.387. The molecule has 4 nitrogen and oxygen atoms in total. The van der Waals surface area contributed by atoms with Gasteiger partial charge in [0.1, 0.15) is 5.75 Å². The van der Waals surface area contributed by atoms with Crippen molar-refractivity contribution in [3.63, 3.8) is 0 Å². The molecule has 0 saturated heterocycles. The molecule has 180 valence electrons. The fraction of sp³-hybridized carbons (Fsp3) is 0.750. The number of hydrogen-bond donors (Lipinski definition) is 2. The Morgan fingerprint density at radius 2 is 1.34 bits per heavy atom. The van der Waals surface area contributed by atoms with Crippen molar-refractivity contribution in [2.24, 2.45) is 29.2 Å². The lowest BCUT2D eigenvalue weighted by molar-refractivity contribution is -0.144. The van der Waals surface area contributed by atoms with Gasteiger partial charge < -0.3 is 16.2 Å². The molecule has 4 N–H and O–H groups in total. The lowest BCUT2D eigenvalue weighted by atomic mass is 9.69. The number of hydrogen-bond acceptors (Lipinski definition) is 4. The maximum absolute atomic E-state index is 13.4. The van der Waals surface area contributed by atoms with Gasteiger partial charge in [0, 0.05) is 17.0 Å². The molecule has 1 atom stereocenters. The summed E-state index contributed by atoms with van der Waals surface area (Å²) in [4.78, 5) is 13.4. The number of carbonyl (C=O) groups excluding carboxylic acids is 1. The van der Waals surface area contributed by atoms with Crippen LogP contribution >= 0.6 is 0 Å². The van der Waals surface area contributed by atoms with Crippen LogP contribution in [-0.2, 0) is 4.79 Å². The molecule has 2 saturated carbocycles. The molecule has 3 rings (SSSR count). The Bertz CT molecular complexity index is 699. The fourth-order valence-electron chi connectivity index (χ4n) is 6.05. The number of ether oxygens (including phenoxy) is 1. The lowest BCUT2D eigenvalue weighted by Crippen LogP contribution is -2.45. The second kappa shape index (κ2) is 10.7. The van der Waals surface area contributed by atoms with Gasteiger partial charge in [-0.1, -0.05) is 50.7 Å². The summed E-state index contributed by atoms with van der Waals surface area (Å²) in [6.45, 7) is 8.18. The summed E-state index contributed by atoms with van der Waals surface area (Å²) < 4.78 is 6.01. The van der Waals surface area contributed by atoms with Crippen molar-refractivity contribution in [3.05, 3.63) is 29.8 Å². The van der Waals surface area contributed by atoms with Crippen LogP contribution in [-0.4, -0.2) is 17.0 Å². The SMILES string of the molecule is CC(C)(N)CC(c1ccc(OC(=O)C(C2CCCCC2)C2CCCCC2)cc1)C(C)(C)N. The molecular formula is C28H46N2O2. The van der Waals surface area contributed by atoms with Gasteiger partial charge >= 0.3 is 5.97 Å². The first-order valence-corrected chi connectivity index (χ1v) is 12.9. The van der Waals surface area contributed by atoms with E-state index in [0.717, 1.165) is 12.0 Å². The standard InChI is InChI=1S/C28H46N2O2/c1-27(2,29)19-24(28(3,4)30)20-15-17-23(18-16-20)32-26(31)25(21-11-7-5-8-12-21)22-13-9-6-10-14-22/h15-18,21-22,24-25H,5-14,19,29-30H2,1-4H3. The summed E-state index contributed by atoms with van der Waals surface area (Å²) in [5.74, 6) is 1.82. The Labute approximate surface area is 195 Å². The van der Waals surface area contributed by atoms with E-state index in [2.05, 4.69) is 26.0 Å². The van der Waals surface area contributed by atoms with Gasteiger partial charge in [0.25, 0.3) is 0 Å². The first kappa shape index (κ1) is 25.2. The maximum atomic E-state index is 13.4. The van der Waals surface area contributed by atoms with Crippen LogP contribution in [0, 0.1) is 17.8 Å². The summed E-state index contributed by atoms with van der Waals surface area (Å²) >= 11 is 0. The van der Waals surface area contributed by atoms with Gasteiger partial charge in [-0.05, 0) is 89.3 Å². The molecular weight excluding hydrogens is 396 g/mol. The third-order valence-electron chi connectivity index (χ3n) is 7.72. The fourth-order valence-corrected chi connectivity index (χ4v) is 6.05. The van der Waals surface area contributed by atoms with Crippen molar-refractivity contribution in [2.75, 3.05) is 0 Å². The largest absolute Gasteiger partial charge is 0.426 e. The Kier molecular flexibility index (Phi) is 8.43. The third kappa shape index (κ3) is 7.05.